The summed E-state index contributed by atoms with van der Waals surface area (Å²) in [7, 11) is 0. The maximum absolute atomic E-state index is 5.87. The molecule has 0 radical (unpaired) electrons. The third-order valence-corrected chi connectivity index (χ3v) is 4.87. The van der Waals surface area contributed by atoms with Gasteiger partial charge in [-0.1, -0.05) is 46.6 Å². The Hall–Kier alpha value is -1.06. The maximum atomic E-state index is 5.87. The van der Waals surface area contributed by atoms with E-state index in [1.807, 2.05) is 0 Å². The zero-order valence-electron chi connectivity index (χ0n) is 10.9. The minimum atomic E-state index is 0.523. The quantitative estimate of drug-likeness (QED) is 0.892. The minimum Gasteiger partial charge on any atom is -0.381 e. The van der Waals surface area contributed by atoms with Gasteiger partial charge in [-0.05, 0) is 42.8 Å². The molecule has 1 aliphatic rings. The number of rotatable bonds is 3. The van der Waals surface area contributed by atoms with Crippen LogP contribution in [0, 0.1) is 5.92 Å². The van der Waals surface area contributed by atoms with E-state index in [9.17, 15) is 0 Å². The first kappa shape index (κ1) is 12.9. The summed E-state index contributed by atoms with van der Waals surface area (Å²) < 4.78 is 1.15. The van der Waals surface area contributed by atoms with E-state index < -0.39 is 0 Å². The van der Waals surface area contributed by atoms with Gasteiger partial charge in [0.2, 0.25) is 0 Å². The molecular formula is C16H19BrN2. The van der Waals surface area contributed by atoms with Crippen molar-refractivity contribution in [3.63, 3.8) is 0 Å². The summed E-state index contributed by atoms with van der Waals surface area (Å²) in [5.41, 5.74) is 7.09. The molecule has 2 aromatic carbocycles. The highest BCUT2D eigenvalue weighted by Crippen LogP contribution is 2.33. The highest BCUT2D eigenvalue weighted by atomic mass is 79.9. The van der Waals surface area contributed by atoms with E-state index in [2.05, 4.69) is 57.6 Å². The van der Waals surface area contributed by atoms with E-state index in [4.69, 9.17) is 5.73 Å². The van der Waals surface area contributed by atoms with Gasteiger partial charge in [0, 0.05) is 21.6 Å². The molecule has 1 fully saturated rings. The number of anilines is 1. The van der Waals surface area contributed by atoms with E-state index in [0.717, 1.165) is 11.0 Å². The van der Waals surface area contributed by atoms with Gasteiger partial charge in [-0.2, -0.15) is 0 Å². The van der Waals surface area contributed by atoms with Crippen LogP contribution in [0.1, 0.15) is 19.3 Å². The number of hydrogen-bond acceptors (Lipinski definition) is 2. The molecule has 0 spiro atoms. The van der Waals surface area contributed by atoms with Crippen LogP contribution in [0.3, 0.4) is 0 Å². The van der Waals surface area contributed by atoms with Gasteiger partial charge in [-0.3, -0.25) is 0 Å². The van der Waals surface area contributed by atoms with Crippen molar-refractivity contribution in [3.8, 4) is 0 Å². The van der Waals surface area contributed by atoms with Crippen LogP contribution in [0.2, 0.25) is 0 Å². The molecule has 0 bridgehead atoms. The lowest BCUT2D eigenvalue weighted by atomic mass is 10.0. The van der Waals surface area contributed by atoms with Crippen molar-refractivity contribution in [1.82, 2.24) is 0 Å². The fraction of sp³-hybridized carbons (Fsp3) is 0.375. The molecule has 0 heterocycles. The van der Waals surface area contributed by atoms with Crippen molar-refractivity contribution >= 4 is 32.4 Å². The first-order valence-corrected chi connectivity index (χ1v) is 7.73. The summed E-state index contributed by atoms with van der Waals surface area (Å²) in [4.78, 5) is 0. The number of fused-ring (bicyclic) bond motifs is 1. The first-order valence-electron chi connectivity index (χ1n) is 6.93. The molecule has 3 N–H and O–H groups in total. The molecule has 2 unspecified atom stereocenters. The molecule has 19 heavy (non-hydrogen) atoms. The van der Waals surface area contributed by atoms with Gasteiger partial charge in [0.25, 0.3) is 0 Å². The van der Waals surface area contributed by atoms with E-state index in [-0.39, 0.29) is 0 Å². The van der Waals surface area contributed by atoms with Crippen LogP contribution in [0.15, 0.2) is 40.9 Å². The lowest BCUT2D eigenvalue weighted by Crippen LogP contribution is -2.29. The Labute approximate surface area is 122 Å². The average Bonchev–Trinajstić information content (AvgIpc) is 2.89. The molecule has 0 saturated heterocycles. The fourth-order valence-corrected chi connectivity index (χ4v) is 3.57. The van der Waals surface area contributed by atoms with E-state index >= 15 is 0 Å². The summed E-state index contributed by atoms with van der Waals surface area (Å²) >= 11 is 3.62. The number of halogens is 1. The Balaban J connectivity index is 1.95. The fourth-order valence-electron chi connectivity index (χ4n) is 3.10. The Bertz CT molecular complexity index is 582. The predicted octanol–water partition coefficient (Wildman–Crippen LogP) is 4.14. The van der Waals surface area contributed by atoms with Gasteiger partial charge in [-0.15, -0.1) is 0 Å². The van der Waals surface area contributed by atoms with Gasteiger partial charge in [-0.25, -0.2) is 0 Å². The molecule has 2 aromatic rings. The van der Waals surface area contributed by atoms with Gasteiger partial charge < -0.3 is 11.1 Å². The number of hydrogen-bond donors (Lipinski definition) is 2. The van der Waals surface area contributed by atoms with E-state index in [0.29, 0.717) is 12.0 Å². The number of nitrogens with one attached hydrogen (secondary N) is 1. The summed E-state index contributed by atoms with van der Waals surface area (Å²) in [6.07, 6.45) is 3.77. The van der Waals surface area contributed by atoms with Crippen LogP contribution >= 0.6 is 15.9 Å². The van der Waals surface area contributed by atoms with Crippen molar-refractivity contribution in [1.29, 1.82) is 0 Å². The lowest BCUT2D eigenvalue weighted by Gasteiger charge is -2.22. The molecule has 0 amide bonds. The minimum absolute atomic E-state index is 0.523. The van der Waals surface area contributed by atoms with Crippen LogP contribution < -0.4 is 11.1 Å². The van der Waals surface area contributed by atoms with Gasteiger partial charge >= 0.3 is 0 Å². The normalized spacial score (nSPS) is 22.8. The molecule has 0 aromatic heterocycles. The third kappa shape index (κ3) is 2.49. The summed E-state index contributed by atoms with van der Waals surface area (Å²) in [5, 5.41) is 6.25. The van der Waals surface area contributed by atoms with Crippen molar-refractivity contribution in [3.05, 3.63) is 40.9 Å². The van der Waals surface area contributed by atoms with Crippen LogP contribution in [-0.2, 0) is 0 Å². The molecule has 0 aliphatic heterocycles. The van der Waals surface area contributed by atoms with Crippen molar-refractivity contribution in [2.24, 2.45) is 11.7 Å². The zero-order chi connectivity index (χ0) is 13.2. The van der Waals surface area contributed by atoms with E-state index in [1.54, 1.807) is 0 Å². The summed E-state index contributed by atoms with van der Waals surface area (Å²) in [6, 6.07) is 13.3. The SMILES string of the molecule is NCC1CCCC1Nc1ccc(Br)c2ccccc12. The van der Waals surface area contributed by atoms with Gasteiger partial charge in [0.15, 0.2) is 0 Å². The molecule has 2 atom stereocenters. The Kier molecular flexibility index (Phi) is 3.76. The van der Waals surface area contributed by atoms with Gasteiger partial charge in [0.1, 0.15) is 0 Å². The summed E-state index contributed by atoms with van der Waals surface area (Å²) in [5.74, 6) is 0.613. The van der Waals surface area contributed by atoms with E-state index in [1.165, 1.54) is 35.7 Å². The largest absolute Gasteiger partial charge is 0.381 e. The number of benzene rings is 2. The highest BCUT2D eigenvalue weighted by molar-refractivity contribution is 9.10. The molecule has 100 valence electrons. The Morgan fingerprint density at radius 3 is 2.68 bits per heavy atom. The maximum Gasteiger partial charge on any atom is 0.0422 e. The van der Waals surface area contributed by atoms with Crippen molar-refractivity contribution < 1.29 is 0 Å². The van der Waals surface area contributed by atoms with Crippen LogP contribution in [0.25, 0.3) is 10.8 Å². The van der Waals surface area contributed by atoms with Crippen LogP contribution in [-0.4, -0.2) is 12.6 Å². The molecular weight excluding hydrogens is 300 g/mol. The smallest absolute Gasteiger partial charge is 0.0422 e. The number of nitrogens with two attached hydrogens (primary N) is 1. The average molecular weight is 319 g/mol. The second-order valence-corrected chi connectivity index (χ2v) is 6.17. The standard InChI is InChI=1S/C16H19BrN2/c17-14-8-9-16(13-6-2-1-5-12(13)14)19-15-7-3-4-11(15)10-18/h1-2,5-6,8-9,11,15,19H,3-4,7,10,18H2. The van der Waals surface area contributed by atoms with Crippen molar-refractivity contribution in [2.75, 3.05) is 11.9 Å². The first-order chi connectivity index (χ1) is 9.29. The lowest BCUT2D eigenvalue weighted by molar-refractivity contribution is 0.517. The molecule has 3 rings (SSSR count). The molecule has 1 aliphatic carbocycles. The molecule has 1 saturated carbocycles. The zero-order valence-corrected chi connectivity index (χ0v) is 12.5. The van der Waals surface area contributed by atoms with Crippen LogP contribution in [0.5, 0.6) is 0 Å². The Morgan fingerprint density at radius 2 is 1.89 bits per heavy atom. The van der Waals surface area contributed by atoms with Gasteiger partial charge in [0.05, 0.1) is 0 Å². The second-order valence-electron chi connectivity index (χ2n) is 5.32. The monoisotopic (exact) mass is 318 g/mol. The Morgan fingerprint density at radius 1 is 1.11 bits per heavy atom. The molecule has 2 nitrogen and oxygen atoms in total. The van der Waals surface area contributed by atoms with Crippen LogP contribution in [0.4, 0.5) is 5.69 Å². The predicted molar refractivity (Wildman–Crippen MR) is 85.5 cm³/mol. The van der Waals surface area contributed by atoms with Crippen molar-refractivity contribution in [2.45, 2.75) is 25.3 Å². The molecule has 3 heteroatoms. The topological polar surface area (TPSA) is 38.0 Å². The second kappa shape index (κ2) is 5.51. The summed E-state index contributed by atoms with van der Waals surface area (Å²) in [6.45, 7) is 0.784. The third-order valence-electron chi connectivity index (χ3n) is 4.17. The highest BCUT2D eigenvalue weighted by Gasteiger charge is 2.26.